The Bertz CT molecular complexity index is 271. The Morgan fingerprint density at radius 3 is 2.59 bits per heavy atom. The van der Waals surface area contributed by atoms with Gasteiger partial charge in [0.25, 0.3) is 0 Å². The number of guanidine groups is 1. The summed E-state index contributed by atoms with van der Waals surface area (Å²) in [5.41, 5.74) is 6.13. The maximum atomic E-state index is 6.13. The second-order valence-electron chi connectivity index (χ2n) is 5.59. The molecule has 0 bridgehead atoms. The first-order valence-electron chi connectivity index (χ1n) is 6.91. The lowest BCUT2D eigenvalue weighted by atomic mass is 10.1. The lowest BCUT2D eigenvalue weighted by Gasteiger charge is -2.36. The Labute approximate surface area is 105 Å². The minimum Gasteiger partial charge on any atom is -0.370 e. The van der Waals surface area contributed by atoms with Gasteiger partial charge in [-0.3, -0.25) is 0 Å². The van der Waals surface area contributed by atoms with Gasteiger partial charge in [-0.1, -0.05) is 12.8 Å². The van der Waals surface area contributed by atoms with Crippen molar-refractivity contribution in [2.45, 2.75) is 50.6 Å². The molecule has 0 radical (unpaired) electrons. The Hall–Kier alpha value is -0.770. The number of aliphatic imine (C=N–C) groups is 1. The summed E-state index contributed by atoms with van der Waals surface area (Å²) < 4.78 is 0. The highest BCUT2D eigenvalue weighted by Gasteiger charge is 2.23. The van der Waals surface area contributed by atoms with Gasteiger partial charge in [-0.15, -0.1) is 0 Å². The molecule has 4 nitrogen and oxygen atoms in total. The molecule has 1 saturated carbocycles. The fraction of sp³-hybridized carbons (Fsp3) is 0.923. The van der Waals surface area contributed by atoms with Crippen LogP contribution >= 0.6 is 0 Å². The molecule has 2 fully saturated rings. The van der Waals surface area contributed by atoms with Gasteiger partial charge in [0.15, 0.2) is 5.96 Å². The molecule has 2 aliphatic rings. The minimum atomic E-state index is 0.485. The van der Waals surface area contributed by atoms with Gasteiger partial charge in [-0.05, 0) is 39.3 Å². The first-order chi connectivity index (χ1) is 8.16. The van der Waals surface area contributed by atoms with Crippen LogP contribution in [-0.4, -0.2) is 55.0 Å². The van der Waals surface area contributed by atoms with E-state index in [1.54, 1.807) is 0 Å². The first kappa shape index (κ1) is 12.7. The Balaban J connectivity index is 1.90. The van der Waals surface area contributed by atoms with E-state index in [1.165, 1.54) is 45.1 Å². The lowest BCUT2D eigenvalue weighted by Crippen LogP contribution is -2.49. The zero-order chi connectivity index (χ0) is 12.3. The van der Waals surface area contributed by atoms with Gasteiger partial charge in [-0.25, -0.2) is 4.99 Å². The van der Waals surface area contributed by atoms with Crippen LogP contribution in [-0.2, 0) is 0 Å². The summed E-state index contributed by atoms with van der Waals surface area (Å²) >= 11 is 0. The van der Waals surface area contributed by atoms with Crippen molar-refractivity contribution in [1.82, 2.24) is 9.80 Å². The van der Waals surface area contributed by atoms with Gasteiger partial charge in [0.1, 0.15) is 0 Å². The summed E-state index contributed by atoms with van der Waals surface area (Å²) in [6.45, 7) is 2.32. The molecular weight excluding hydrogens is 212 g/mol. The number of likely N-dealkylation sites (N-methyl/N-ethyl adjacent to an activating group) is 2. The third kappa shape index (κ3) is 3.35. The third-order valence-corrected chi connectivity index (χ3v) is 4.15. The van der Waals surface area contributed by atoms with Crippen LogP contribution in [0.1, 0.15) is 38.5 Å². The molecule has 0 aromatic rings. The molecule has 4 heteroatoms. The normalized spacial score (nSPS) is 28.6. The second kappa shape index (κ2) is 5.71. The maximum absolute atomic E-state index is 6.13. The van der Waals surface area contributed by atoms with Crippen LogP contribution in [0.4, 0.5) is 0 Å². The minimum absolute atomic E-state index is 0.485. The van der Waals surface area contributed by atoms with Crippen molar-refractivity contribution in [3.05, 3.63) is 0 Å². The number of likely N-dealkylation sites (tertiary alicyclic amines) is 1. The van der Waals surface area contributed by atoms with Crippen molar-refractivity contribution in [2.75, 3.05) is 27.2 Å². The highest BCUT2D eigenvalue weighted by molar-refractivity contribution is 5.78. The summed E-state index contributed by atoms with van der Waals surface area (Å²) in [4.78, 5) is 9.25. The average molecular weight is 238 g/mol. The van der Waals surface area contributed by atoms with Crippen molar-refractivity contribution < 1.29 is 0 Å². The fourth-order valence-electron chi connectivity index (χ4n) is 2.95. The molecule has 1 unspecified atom stereocenters. The van der Waals surface area contributed by atoms with Gasteiger partial charge in [0.2, 0.25) is 0 Å². The molecule has 1 saturated heterocycles. The summed E-state index contributed by atoms with van der Waals surface area (Å²) in [5.74, 6) is 0.747. The van der Waals surface area contributed by atoms with E-state index < -0.39 is 0 Å². The van der Waals surface area contributed by atoms with Crippen LogP contribution in [0.3, 0.4) is 0 Å². The predicted molar refractivity (Wildman–Crippen MR) is 72.2 cm³/mol. The fourth-order valence-corrected chi connectivity index (χ4v) is 2.95. The quantitative estimate of drug-likeness (QED) is 0.582. The van der Waals surface area contributed by atoms with E-state index in [9.17, 15) is 0 Å². The second-order valence-corrected chi connectivity index (χ2v) is 5.59. The third-order valence-electron chi connectivity index (χ3n) is 4.15. The van der Waals surface area contributed by atoms with E-state index in [0.717, 1.165) is 12.5 Å². The molecule has 1 heterocycles. The first-order valence-corrected chi connectivity index (χ1v) is 6.91. The van der Waals surface area contributed by atoms with Crippen molar-refractivity contribution >= 4 is 5.96 Å². The van der Waals surface area contributed by atoms with E-state index in [1.807, 2.05) is 0 Å². The van der Waals surface area contributed by atoms with Crippen LogP contribution in [0.15, 0.2) is 4.99 Å². The van der Waals surface area contributed by atoms with Crippen LogP contribution in [0.5, 0.6) is 0 Å². The largest absolute Gasteiger partial charge is 0.370 e. The number of nitrogens with two attached hydrogens (primary N) is 1. The van der Waals surface area contributed by atoms with Gasteiger partial charge in [0, 0.05) is 19.6 Å². The van der Waals surface area contributed by atoms with Crippen molar-refractivity contribution in [3.8, 4) is 0 Å². The van der Waals surface area contributed by atoms with Crippen LogP contribution in [0.2, 0.25) is 0 Å². The van der Waals surface area contributed by atoms with Gasteiger partial charge < -0.3 is 15.5 Å². The van der Waals surface area contributed by atoms with E-state index in [0.29, 0.717) is 12.1 Å². The van der Waals surface area contributed by atoms with Gasteiger partial charge in [0.05, 0.1) is 6.04 Å². The highest BCUT2D eigenvalue weighted by Crippen LogP contribution is 2.21. The topological polar surface area (TPSA) is 44.9 Å². The smallest absolute Gasteiger partial charge is 0.191 e. The number of rotatable bonds is 2. The standard InChI is InChI=1S/C13H26N4/c1-16-9-5-8-12(10-16)17(2)13(14)15-11-6-3-4-7-11/h11-12H,3-10H2,1-2H3,(H2,14,15). The molecule has 0 amide bonds. The molecule has 1 atom stereocenters. The van der Waals surface area contributed by atoms with Crippen molar-refractivity contribution in [2.24, 2.45) is 10.7 Å². The molecule has 0 aromatic carbocycles. The number of hydrogen-bond acceptors (Lipinski definition) is 2. The SMILES string of the molecule is CN1CCCC(N(C)C(N)=NC2CCCC2)C1. The Morgan fingerprint density at radius 1 is 1.24 bits per heavy atom. The monoisotopic (exact) mass is 238 g/mol. The number of hydrogen-bond donors (Lipinski definition) is 1. The summed E-state index contributed by atoms with van der Waals surface area (Å²) in [6.07, 6.45) is 7.58. The van der Waals surface area contributed by atoms with E-state index in [4.69, 9.17) is 5.73 Å². The summed E-state index contributed by atoms with van der Waals surface area (Å²) in [5, 5.41) is 0. The van der Waals surface area contributed by atoms with E-state index >= 15 is 0 Å². The molecule has 17 heavy (non-hydrogen) atoms. The Morgan fingerprint density at radius 2 is 1.94 bits per heavy atom. The molecule has 1 aliphatic heterocycles. The molecule has 1 aliphatic carbocycles. The lowest BCUT2D eigenvalue weighted by molar-refractivity contribution is 0.180. The van der Waals surface area contributed by atoms with E-state index in [-0.39, 0.29) is 0 Å². The maximum Gasteiger partial charge on any atom is 0.191 e. The van der Waals surface area contributed by atoms with Gasteiger partial charge >= 0.3 is 0 Å². The van der Waals surface area contributed by atoms with E-state index in [2.05, 4.69) is 28.9 Å². The average Bonchev–Trinajstić information content (AvgIpc) is 2.80. The zero-order valence-electron chi connectivity index (χ0n) is 11.2. The van der Waals surface area contributed by atoms with Crippen molar-refractivity contribution in [3.63, 3.8) is 0 Å². The van der Waals surface area contributed by atoms with Crippen LogP contribution < -0.4 is 5.73 Å². The molecular formula is C13H26N4. The zero-order valence-corrected chi connectivity index (χ0v) is 11.2. The molecule has 98 valence electrons. The summed E-state index contributed by atoms with van der Waals surface area (Å²) in [7, 11) is 4.28. The molecule has 0 aromatic heterocycles. The molecule has 0 spiro atoms. The highest BCUT2D eigenvalue weighted by atomic mass is 15.3. The van der Waals surface area contributed by atoms with Crippen LogP contribution in [0.25, 0.3) is 0 Å². The van der Waals surface area contributed by atoms with Crippen molar-refractivity contribution in [1.29, 1.82) is 0 Å². The number of nitrogens with zero attached hydrogens (tertiary/aromatic N) is 3. The molecule has 2 N–H and O–H groups in total. The van der Waals surface area contributed by atoms with Crippen LogP contribution in [0, 0.1) is 0 Å². The predicted octanol–water partition coefficient (Wildman–Crippen LogP) is 1.27. The molecule has 2 rings (SSSR count). The summed E-state index contributed by atoms with van der Waals surface area (Å²) in [6, 6.07) is 1.03. The van der Waals surface area contributed by atoms with Gasteiger partial charge in [-0.2, -0.15) is 0 Å². The number of piperidine rings is 1. The Kier molecular flexibility index (Phi) is 4.26.